The van der Waals surface area contributed by atoms with E-state index in [0.717, 1.165) is 56.1 Å². The summed E-state index contributed by atoms with van der Waals surface area (Å²) < 4.78 is 0. The van der Waals surface area contributed by atoms with Crippen molar-refractivity contribution in [3.05, 3.63) is 122 Å². The molecule has 6 rings (SSSR count). The van der Waals surface area contributed by atoms with Crippen LogP contribution in [0.15, 0.2) is 122 Å². The highest BCUT2D eigenvalue weighted by atomic mass is 14.8. The highest BCUT2D eigenvalue weighted by Crippen LogP contribution is 2.39. The lowest BCUT2D eigenvalue weighted by Crippen LogP contribution is -1.99. The first-order chi connectivity index (χ1) is 16.9. The Kier molecular flexibility index (Phi) is 5.09. The van der Waals surface area contributed by atoms with Gasteiger partial charge in [-0.25, -0.2) is 9.97 Å². The van der Waals surface area contributed by atoms with Gasteiger partial charge in [0.25, 0.3) is 0 Å². The highest BCUT2D eigenvalue weighted by Gasteiger charge is 2.19. The molecule has 0 saturated heterocycles. The largest absolute Gasteiger partial charge is 0.256 e. The lowest BCUT2D eigenvalue weighted by Gasteiger charge is -2.16. The Bertz CT molecular complexity index is 1470. The standard InChI is InChI=1S/C30H20N4/c1-3-13-23(21(11-1)25-15-7-9-19-31-25)29-30(34-28-18-6-5-17-27(28)33-29)24-14-4-2-12-22(24)26-16-8-10-20-32-26/h1-20H. The highest BCUT2D eigenvalue weighted by molar-refractivity contribution is 5.94. The molecule has 160 valence electrons. The van der Waals surface area contributed by atoms with Gasteiger partial charge < -0.3 is 0 Å². The van der Waals surface area contributed by atoms with Crippen molar-refractivity contribution >= 4 is 11.0 Å². The summed E-state index contributed by atoms with van der Waals surface area (Å²) in [5, 5.41) is 0. The Hall–Kier alpha value is -4.70. The molecule has 0 spiro atoms. The first-order valence-corrected chi connectivity index (χ1v) is 11.2. The van der Waals surface area contributed by atoms with Gasteiger partial charge in [-0.2, -0.15) is 0 Å². The third-order valence-corrected chi connectivity index (χ3v) is 5.82. The van der Waals surface area contributed by atoms with Crippen molar-refractivity contribution in [2.75, 3.05) is 0 Å². The normalized spacial score (nSPS) is 10.9. The third kappa shape index (κ3) is 3.61. The fourth-order valence-electron chi connectivity index (χ4n) is 4.25. The number of hydrogen-bond donors (Lipinski definition) is 0. The van der Waals surface area contributed by atoms with Crippen molar-refractivity contribution in [2.24, 2.45) is 0 Å². The summed E-state index contributed by atoms with van der Waals surface area (Å²) in [4.78, 5) is 19.5. The first kappa shape index (κ1) is 19.9. The topological polar surface area (TPSA) is 51.6 Å². The van der Waals surface area contributed by atoms with E-state index in [2.05, 4.69) is 34.2 Å². The minimum absolute atomic E-state index is 0.823. The Labute approximate surface area is 197 Å². The molecule has 0 aliphatic rings. The van der Waals surface area contributed by atoms with E-state index in [4.69, 9.17) is 9.97 Å². The van der Waals surface area contributed by atoms with Crippen LogP contribution in [0.1, 0.15) is 0 Å². The first-order valence-electron chi connectivity index (χ1n) is 11.2. The van der Waals surface area contributed by atoms with Gasteiger partial charge in [0.05, 0.1) is 33.8 Å². The molecule has 0 aliphatic heterocycles. The second kappa shape index (κ2) is 8.68. The summed E-state index contributed by atoms with van der Waals surface area (Å²) in [7, 11) is 0. The van der Waals surface area contributed by atoms with E-state index in [0.29, 0.717) is 0 Å². The second-order valence-corrected chi connectivity index (χ2v) is 7.93. The van der Waals surface area contributed by atoms with Gasteiger partial charge in [-0.15, -0.1) is 0 Å². The van der Waals surface area contributed by atoms with Crippen LogP contribution in [0.4, 0.5) is 0 Å². The van der Waals surface area contributed by atoms with Gasteiger partial charge in [0, 0.05) is 34.6 Å². The van der Waals surface area contributed by atoms with Crippen LogP contribution >= 0.6 is 0 Å². The van der Waals surface area contributed by atoms with Crippen LogP contribution in [0, 0.1) is 0 Å². The Balaban J connectivity index is 1.67. The molecule has 3 aromatic carbocycles. The average Bonchev–Trinajstić information content (AvgIpc) is 2.93. The van der Waals surface area contributed by atoms with E-state index in [-0.39, 0.29) is 0 Å². The van der Waals surface area contributed by atoms with E-state index in [9.17, 15) is 0 Å². The van der Waals surface area contributed by atoms with Gasteiger partial charge in [0.15, 0.2) is 0 Å². The number of benzene rings is 3. The maximum Gasteiger partial charge on any atom is 0.0980 e. The van der Waals surface area contributed by atoms with Crippen LogP contribution < -0.4 is 0 Å². The summed E-state index contributed by atoms with van der Waals surface area (Å²) in [5.74, 6) is 0. The predicted molar refractivity (Wildman–Crippen MR) is 137 cm³/mol. The molecule has 3 heterocycles. The molecule has 34 heavy (non-hydrogen) atoms. The zero-order valence-electron chi connectivity index (χ0n) is 18.3. The maximum atomic E-state index is 5.13. The number of hydrogen-bond acceptors (Lipinski definition) is 4. The van der Waals surface area contributed by atoms with Crippen molar-refractivity contribution in [2.45, 2.75) is 0 Å². The van der Waals surface area contributed by atoms with Gasteiger partial charge in [0.1, 0.15) is 0 Å². The molecule has 0 radical (unpaired) electrons. The maximum absolute atomic E-state index is 5.13. The third-order valence-electron chi connectivity index (χ3n) is 5.82. The zero-order valence-corrected chi connectivity index (χ0v) is 18.3. The Morgan fingerprint density at radius 1 is 0.353 bits per heavy atom. The van der Waals surface area contributed by atoms with E-state index in [1.807, 2.05) is 97.3 Å². The van der Waals surface area contributed by atoms with E-state index >= 15 is 0 Å². The summed E-state index contributed by atoms with van der Waals surface area (Å²) in [6.45, 7) is 0. The Morgan fingerprint density at radius 3 is 1.15 bits per heavy atom. The minimum Gasteiger partial charge on any atom is -0.256 e. The van der Waals surface area contributed by atoms with Crippen molar-refractivity contribution in [1.82, 2.24) is 19.9 Å². The monoisotopic (exact) mass is 436 g/mol. The Morgan fingerprint density at radius 2 is 0.735 bits per heavy atom. The van der Waals surface area contributed by atoms with Gasteiger partial charge >= 0.3 is 0 Å². The molecular formula is C30H20N4. The number of fused-ring (bicyclic) bond motifs is 1. The van der Waals surface area contributed by atoms with Crippen LogP contribution in [-0.4, -0.2) is 19.9 Å². The van der Waals surface area contributed by atoms with Crippen molar-refractivity contribution in [3.63, 3.8) is 0 Å². The van der Waals surface area contributed by atoms with Gasteiger partial charge in [0.2, 0.25) is 0 Å². The number of rotatable bonds is 4. The summed E-state index contributed by atoms with van der Waals surface area (Å²) in [6.07, 6.45) is 3.63. The van der Waals surface area contributed by atoms with Crippen LogP contribution in [0.3, 0.4) is 0 Å². The molecule has 0 amide bonds. The summed E-state index contributed by atoms with van der Waals surface area (Å²) >= 11 is 0. The molecule has 0 unspecified atom stereocenters. The quantitative estimate of drug-likeness (QED) is 0.296. The second-order valence-electron chi connectivity index (χ2n) is 7.93. The number of pyridine rings is 2. The van der Waals surface area contributed by atoms with Gasteiger partial charge in [-0.3, -0.25) is 9.97 Å². The van der Waals surface area contributed by atoms with Crippen LogP contribution in [-0.2, 0) is 0 Å². The molecule has 0 fully saturated rings. The van der Waals surface area contributed by atoms with Gasteiger partial charge in [-0.05, 0) is 36.4 Å². The van der Waals surface area contributed by atoms with E-state index in [1.165, 1.54) is 0 Å². The smallest absolute Gasteiger partial charge is 0.0980 e. The number of para-hydroxylation sites is 2. The molecule has 3 aromatic heterocycles. The van der Waals surface area contributed by atoms with Crippen LogP contribution in [0.5, 0.6) is 0 Å². The van der Waals surface area contributed by atoms with Crippen LogP contribution in [0.2, 0.25) is 0 Å². The average molecular weight is 437 g/mol. The molecule has 4 nitrogen and oxygen atoms in total. The molecule has 0 saturated carbocycles. The van der Waals surface area contributed by atoms with E-state index in [1.54, 1.807) is 0 Å². The molecule has 4 heteroatoms. The van der Waals surface area contributed by atoms with E-state index < -0.39 is 0 Å². The fraction of sp³-hybridized carbons (Fsp3) is 0. The molecule has 0 bridgehead atoms. The summed E-state index contributed by atoms with van der Waals surface area (Å²) in [5.41, 5.74) is 9.17. The molecule has 0 atom stereocenters. The predicted octanol–water partition coefficient (Wildman–Crippen LogP) is 7.09. The fourth-order valence-corrected chi connectivity index (χ4v) is 4.25. The lowest BCUT2D eigenvalue weighted by molar-refractivity contribution is 1.27. The van der Waals surface area contributed by atoms with Crippen molar-refractivity contribution in [3.8, 4) is 45.0 Å². The molecule has 0 aliphatic carbocycles. The molecule has 0 N–H and O–H groups in total. The van der Waals surface area contributed by atoms with Crippen LogP contribution in [0.25, 0.3) is 56.1 Å². The zero-order chi connectivity index (χ0) is 22.7. The molecular weight excluding hydrogens is 416 g/mol. The summed E-state index contributed by atoms with van der Waals surface area (Å²) in [6, 6.07) is 36.4. The SMILES string of the molecule is c1ccc(-c2ccccc2-c2nc3ccccc3nc2-c2ccccc2-c2ccccn2)nc1. The number of nitrogens with zero attached hydrogens (tertiary/aromatic N) is 4. The van der Waals surface area contributed by atoms with Gasteiger partial charge in [-0.1, -0.05) is 72.8 Å². The van der Waals surface area contributed by atoms with Crippen molar-refractivity contribution in [1.29, 1.82) is 0 Å². The number of aromatic nitrogens is 4. The van der Waals surface area contributed by atoms with Crippen molar-refractivity contribution < 1.29 is 0 Å². The lowest BCUT2D eigenvalue weighted by atomic mass is 9.94. The molecule has 6 aromatic rings. The minimum atomic E-state index is 0.823.